The number of ether oxygens (including phenoxy) is 1. The molecule has 0 saturated heterocycles. The average Bonchev–Trinajstić information content (AvgIpc) is 2.30. The van der Waals surface area contributed by atoms with E-state index in [1.807, 2.05) is 13.8 Å². The highest BCUT2D eigenvalue weighted by molar-refractivity contribution is 5.48. The minimum absolute atomic E-state index is 0.497. The zero-order chi connectivity index (χ0) is 12.8. The van der Waals surface area contributed by atoms with Gasteiger partial charge in [-0.15, -0.1) is 0 Å². The lowest BCUT2D eigenvalue weighted by atomic mass is 10.2. The summed E-state index contributed by atoms with van der Waals surface area (Å²) in [4.78, 5) is 8.90. The van der Waals surface area contributed by atoms with Crippen LogP contribution in [0.5, 0.6) is 5.88 Å². The topological polar surface area (TPSA) is 47.0 Å². The maximum absolute atomic E-state index is 5.74. The monoisotopic (exact) mass is 237 g/mol. The molecule has 0 saturated carbocycles. The van der Waals surface area contributed by atoms with Crippen LogP contribution in [0.1, 0.15) is 39.1 Å². The molecule has 0 amide bonds. The molecule has 1 aromatic heterocycles. The molecule has 0 aliphatic rings. The van der Waals surface area contributed by atoms with E-state index in [0.717, 1.165) is 30.2 Å². The summed E-state index contributed by atoms with van der Waals surface area (Å²) in [6.07, 6.45) is 0.816. The molecule has 0 unspecified atom stereocenters. The van der Waals surface area contributed by atoms with Crippen LogP contribution in [0, 0.1) is 12.8 Å². The van der Waals surface area contributed by atoms with Gasteiger partial charge in [0.25, 0.3) is 0 Å². The van der Waals surface area contributed by atoms with Gasteiger partial charge in [0, 0.05) is 13.0 Å². The summed E-state index contributed by atoms with van der Waals surface area (Å²) in [7, 11) is 0. The van der Waals surface area contributed by atoms with Crippen molar-refractivity contribution in [3.8, 4) is 5.88 Å². The van der Waals surface area contributed by atoms with E-state index in [4.69, 9.17) is 4.74 Å². The highest BCUT2D eigenvalue weighted by Crippen LogP contribution is 2.22. The van der Waals surface area contributed by atoms with Gasteiger partial charge in [0.1, 0.15) is 11.6 Å². The summed E-state index contributed by atoms with van der Waals surface area (Å²) in [5.74, 6) is 2.92. The molecule has 0 atom stereocenters. The number of aromatic nitrogens is 2. The van der Waals surface area contributed by atoms with Crippen molar-refractivity contribution in [2.45, 2.75) is 41.0 Å². The molecular formula is C13H23N3O. The van der Waals surface area contributed by atoms with Crippen molar-refractivity contribution < 1.29 is 4.74 Å². The highest BCUT2D eigenvalue weighted by atomic mass is 16.5. The number of rotatable bonds is 6. The Kier molecular flexibility index (Phi) is 5.19. The fraction of sp³-hybridized carbons (Fsp3) is 0.692. The van der Waals surface area contributed by atoms with Crippen LogP contribution < -0.4 is 10.1 Å². The first-order valence-electron chi connectivity index (χ1n) is 6.32. The zero-order valence-electron chi connectivity index (χ0n) is 11.5. The molecule has 4 nitrogen and oxygen atoms in total. The van der Waals surface area contributed by atoms with Gasteiger partial charge in [-0.25, -0.2) is 4.98 Å². The molecule has 4 heteroatoms. The van der Waals surface area contributed by atoms with E-state index in [2.05, 4.69) is 36.1 Å². The summed E-state index contributed by atoms with van der Waals surface area (Å²) in [5.41, 5.74) is 0.990. The number of aryl methyl sites for hydroxylation is 1. The second kappa shape index (κ2) is 6.42. The Balaban J connectivity index is 2.96. The fourth-order valence-corrected chi connectivity index (χ4v) is 1.42. The lowest BCUT2D eigenvalue weighted by Crippen LogP contribution is -2.11. The Morgan fingerprint density at radius 1 is 1.24 bits per heavy atom. The van der Waals surface area contributed by atoms with Gasteiger partial charge in [0.15, 0.2) is 0 Å². The van der Waals surface area contributed by atoms with Crippen molar-refractivity contribution in [1.29, 1.82) is 0 Å². The second-order valence-electron chi connectivity index (χ2n) is 4.51. The van der Waals surface area contributed by atoms with E-state index in [1.165, 1.54) is 0 Å². The Bertz CT molecular complexity index is 364. The Morgan fingerprint density at radius 3 is 2.47 bits per heavy atom. The molecule has 17 heavy (non-hydrogen) atoms. The number of nitrogens with one attached hydrogen (secondary N) is 1. The van der Waals surface area contributed by atoms with Crippen LogP contribution in [0.2, 0.25) is 0 Å². The number of hydrogen-bond acceptors (Lipinski definition) is 4. The zero-order valence-corrected chi connectivity index (χ0v) is 11.5. The molecule has 0 spiro atoms. The summed E-state index contributed by atoms with van der Waals surface area (Å²) < 4.78 is 5.74. The molecule has 0 bridgehead atoms. The van der Waals surface area contributed by atoms with Crippen LogP contribution in [0.15, 0.2) is 0 Å². The summed E-state index contributed by atoms with van der Waals surface area (Å²) in [6.45, 7) is 11.9. The first-order valence-corrected chi connectivity index (χ1v) is 6.32. The van der Waals surface area contributed by atoms with Crippen molar-refractivity contribution in [2.75, 3.05) is 18.5 Å². The van der Waals surface area contributed by atoms with E-state index < -0.39 is 0 Å². The Labute approximate surface area is 104 Å². The normalized spacial score (nSPS) is 10.7. The van der Waals surface area contributed by atoms with Gasteiger partial charge < -0.3 is 10.1 Å². The van der Waals surface area contributed by atoms with Crippen LogP contribution in [0.4, 0.5) is 5.82 Å². The van der Waals surface area contributed by atoms with Crippen molar-refractivity contribution >= 4 is 5.82 Å². The predicted molar refractivity (Wildman–Crippen MR) is 70.6 cm³/mol. The second-order valence-corrected chi connectivity index (χ2v) is 4.51. The van der Waals surface area contributed by atoms with Crippen LogP contribution in [0.25, 0.3) is 0 Å². The quantitative estimate of drug-likeness (QED) is 0.826. The predicted octanol–water partition coefficient (Wildman–Crippen LogP) is 2.81. The maximum Gasteiger partial charge on any atom is 0.221 e. The van der Waals surface area contributed by atoms with Gasteiger partial charge in [-0.2, -0.15) is 4.98 Å². The number of anilines is 1. The molecule has 0 aliphatic heterocycles. The van der Waals surface area contributed by atoms with E-state index in [1.54, 1.807) is 0 Å². The third-order valence-electron chi connectivity index (χ3n) is 2.36. The van der Waals surface area contributed by atoms with Crippen molar-refractivity contribution in [1.82, 2.24) is 9.97 Å². The Morgan fingerprint density at radius 2 is 1.94 bits per heavy atom. The van der Waals surface area contributed by atoms with Gasteiger partial charge in [-0.3, -0.25) is 0 Å². The van der Waals surface area contributed by atoms with Gasteiger partial charge in [0.05, 0.1) is 12.2 Å². The van der Waals surface area contributed by atoms with E-state index in [-0.39, 0.29) is 0 Å². The van der Waals surface area contributed by atoms with E-state index in [9.17, 15) is 0 Å². The van der Waals surface area contributed by atoms with Crippen LogP contribution >= 0.6 is 0 Å². The van der Waals surface area contributed by atoms with Gasteiger partial charge in [-0.1, -0.05) is 20.8 Å². The van der Waals surface area contributed by atoms with E-state index in [0.29, 0.717) is 18.4 Å². The van der Waals surface area contributed by atoms with Gasteiger partial charge in [-0.05, 0) is 19.8 Å². The lowest BCUT2D eigenvalue weighted by molar-refractivity contribution is 0.258. The van der Waals surface area contributed by atoms with Crippen LogP contribution in [0.3, 0.4) is 0 Å². The molecule has 0 aromatic carbocycles. The average molecular weight is 237 g/mol. The number of nitrogens with zero attached hydrogens (tertiary/aromatic N) is 2. The van der Waals surface area contributed by atoms with E-state index >= 15 is 0 Å². The molecule has 0 radical (unpaired) electrons. The largest absolute Gasteiger partial charge is 0.477 e. The SMILES string of the molecule is CCNc1nc(CC)nc(OCC(C)C)c1C. The molecule has 96 valence electrons. The third-order valence-corrected chi connectivity index (χ3v) is 2.36. The van der Waals surface area contributed by atoms with Crippen LogP contribution in [-0.2, 0) is 6.42 Å². The minimum atomic E-state index is 0.497. The van der Waals surface area contributed by atoms with Crippen molar-refractivity contribution in [3.63, 3.8) is 0 Å². The minimum Gasteiger partial charge on any atom is -0.477 e. The van der Waals surface area contributed by atoms with Gasteiger partial charge in [0.2, 0.25) is 5.88 Å². The smallest absolute Gasteiger partial charge is 0.221 e. The molecule has 1 N–H and O–H groups in total. The molecule has 0 aliphatic carbocycles. The Hall–Kier alpha value is -1.32. The molecule has 1 heterocycles. The molecule has 1 aromatic rings. The number of hydrogen-bond donors (Lipinski definition) is 1. The molecular weight excluding hydrogens is 214 g/mol. The van der Waals surface area contributed by atoms with Gasteiger partial charge >= 0.3 is 0 Å². The van der Waals surface area contributed by atoms with Crippen LogP contribution in [-0.4, -0.2) is 23.1 Å². The third kappa shape index (κ3) is 3.88. The van der Waals surface area contributed by atoms with Crippen molar-refractivity contribution in [2.24, 2.45) is 5.92 Å². The maximum atomic E-state index is 5.74. The fourth-order valence-electron chi connectivity index (χ4n) is 1.42. The first kappa shape index (κ1) is 13.7. The highest BCUT2D eigenvalue weighted by Gasteiger charge is 2.11. The summed E-state index contributed by atoms with van der Waals surface area (Å²) in [6, 6.07) is 0. The standard InChI is InChI=1S/C13H23N3O/c1-6-11-15-12(14-7-2)10(5)13(16-11)17-8-9(3)4/h9H,6-8H2,1-5H3,(H,14,15,16). The summed E-state index contributed by atoms with van der Waals surface area (Å²) in [5, 5.41) is 3.25. The first-order chi connectivity index (χ1) is 8.08. The molecule has 1 rings (SSSR count). The summed E-state index contributed by atoms with van der Waals surface area (Å²) >= 11 is 0. The lowest BCUT2D eigenvalue weighted by Gasteiger charge is -2.14. The van der Waals surface area contributed by atoms with Crippen molar-refractivity contribution in [3.05, 3.63) is 11.4 Å². The molecule has 0 fully saturated rings.